The number of Topliss-reactive ketones (excluding diaryl/α,β-unsaturated/α-hetero) is 1. The fraction of sp³-hybridized carbons (Fsp3) is 0.875. The summed E-state index contributed by atoms with van der Waals surface area (Å²) in [4.78, 5) is 10.7. The Hall–Kier alpha value is -0.410. The number of aliphatic hydroxyl groups excluding tert-OH is 1. The van der Waals surface area contributed by atoms with Gasteiger partial charge in [0.25, 0.3) is 0 Å². The van der Waals surface area contributed by atoms with Crippen LogP contribution in [0, 0.1) is 5.92 Å². The molecule has 11 heavy (non-hydrogen) atoms. The molecule has 0 radical (unpaired) electrons. The molecular formula is C8H14O3. The van der Waals surface area contributed by atoms with Crippen molar-refractivity contribution in [3.8, 4) is 0 Å². The molecule has 3 heteroatoms. The lowest BCUT2D eigenvalue weighted by Gasteiger charge is -2.26. The van der Waals surface area contributed by atoms with Gasteiger partial charge in [-0.05, 0) is 13.3 Å². The molecule has 1 fully saturated rings. The van der Waals surface area contributed by atoms with Gasteiger partial charge in [0.15, 0.2) is 0 Å². The maximum absolute atomic E-state index is 10.7. The van der Waals surface area contributed by atoms with E-state index in [1.54, 1.807) is 6.92 Å². The van der Waals surface area contributed by atoms with E-state index in [0.717, 1.165) is 0 Å². The second kappa shape index (κ2) is 3.83. The van der Waals surface area contributed by atoms with Crippen LogP contribution in [0.25, 0.3) is 0 Å². The second-order valence-electron chi connectivity index (χ2n) is 3.10. The van der Waals surface area contributed by atoms with Gasteiger partial charge in [0.05, 0.1) is 12.7 Å². The van der Waals surface area contributed by atoms with E-state index >= 15 is 0 Å². The van der Waals surface area contributed by atoms with Gasteiger partial charge >= 0.3 is 0 Å². The number of rotatable bonds is 2. The molecular weight excluding hydrogens is 144 g/mol. The molecule has 0 saturated carbocycles. The predicted molar refractivity (Wildman–Crippen MR) is 40.2 cm³/mol. The number of ether oxygens (including phenoxy) is 1. The molecule has 2 atom stereocenters. The smallest absolute Gasteiger partial charge is 0.130 e. The zero-order valence-electron chi connectivity index (χ0n) is 6.75. The molecule has 0 aliphatic carbocycles. The van der Waals surface area contributed by atoms with Crippen molar-refractivity contribution in [2.45, 2.75) is 25.9 Å². The quantitative estimate of drug-likeness (QED) is 0.631. The molecule has 0 spiro atoms. The standard InChI is InChI=1S/C8H14O3/c1-6(9)4-7-5-11-3-2-8(7)10/h7-8,10H,2-5H2,1H3. The van der Waals surface area contributed by atoms with Gasteiger partial charge in [0, 0.05) is 18.9 Å². The van der Waals surface area contributed by atoms with Crippen LogP contribution in [0.4, 0.5) is 0 Å². The molecule has 1 N–H and O–H groups in total. The summed E-state index contributed by atoms with van der Waals surface area (Å²) in [6, 6.07) is 0. The van der Waals surface area contributed by atoms with E-state index in [2.05, 4.69) is 0 Å². The summed E-state index contributed by atoms with van der Waals surface area (Å²) in [6.45, 7) is 2.69. The van der Waals surface area contributed by atoms with Crippen LogP contribution < -0.4 is 0 Å². The first-order valence-corrected chi connectivity index (χ1v) is 3.95. The van der Waals surface area contributed by atoms with Gasteiger partial charge in [-0.25, -0.2) is 0 Å². The number of carbonyl (C=O) groups is 1. The first-order chi connectivity index (χ1) is 5.20. The molecule has 1 aliphatic rings. The number of carbonyl (C=O) groups excluding carboxylic acids is 1. The highest BCUT2D eigenvalue weighted by Gasteiger charge is 2.24. The molecule has 0 aromatic carbocycles. The summed E-state index contributed by atoms with van der Waals surface area (Å²) < 4.78 is 5.14. The fourth-order valence-electron chi connectivity index (χ4n) is 1.35. The van der Waals surface area contributed by atoms with Crippen molar-refractivity contribution in [2.24, 2.45) is 5.92 Å². The van der Waals surface area contributed by atoms with Crippen molar-refractivity contribution in [3.05, 3.63) is 0 Å². The van der Waals surface area contributed by atoms with Crippen LogP contribution in [0.3, 0.4) is 0 Å². The minimum atomic E-state index is -0.340. The van der Waals surface area contributed by atoms with Gasteiger partial charge in [-0.3, -0.25) is 0 Å². The summed E-state index contributed by atoms with van der Waals surface area (Å²) >= 11 is 0. The average molecular weight is 158 g/mol. The Morgan fingerprint density at radius 3 is 3.00 bits per heavy atom. The van der Waals surface area contributed by atoms with Crippen molar-refractivity contribution in [1.29, 1.82) is 0 Å². The minimum Gasteiger partial charge on any atom is -0.393 e. The molecule has 0 aromatic rings. The SMILES string of the molecule is CC(=O)CC1COCCC1O. The van der Waals surface area contributed by atoms with Gasteiger partial charge < -0.3 is 14.6 Å². The maximum atomic E-state index is 10.7. The first kappa shape index (κ1) is 8.68. The number of hydrogen-bond donors (Lipinski definition) is 1. The summed E-state index contributed by atoms with van der Waals surface area (Å²) in [7, 11) is 0. The van der Waals surface area contributed by atoms with Gasteiger partial charge in [-0.1, -0.05) is 0 Å². The van der Waals surface area contributed by atoms with Crippen molar-refractivity contribution in [2.75, 3.05) is 13.2 Å². The summed E-state index contributed by atoms with van der Waals surface area (Å²) in [5.74, 6) is 0.154. The zero-order chi connectivity index (χ0) is 8.27. The Labute approximate surface area is 66.4 Å². The van der Waals surface area contributed by atoms with E-state index in [1.165, 1.54) is 0 Å². The van der Waals surface area contributed by atoms with Crippen molar-refractivity contribution >= 4 is 5.78 Å². The normalized spacial score (nSPS) is 31.8. The topological polar surface area (TPSA) is 46.5 Å². The Morgan fingerprint density at radius 2 is 2.45 bits per heavy atom. The highest BCUT2D eigenvalue weighted by Crippen LogP contribution is 2.17. The Balaban J connectivity index is 2.35. The van der Waals surface area contributed by atoms with E-state index in [-0.39, 0.29) is 17.8 Å². The van der Waals surface area contributed by atoms with Crippen LogP contribution in [0.1, 0.15) is 19.8 Å². The summed E-state index contributed by atoms with van der Waals surface area (Å²) in [5.41, 5.74) is 0. The van der Waals surface area contributed by atoms with E-state index in [9.17, 15) is 9.90 Å². The molecule has 1 saturated heterocycles. The number of aliphatic hydroxyl groups is 1. The molecule has 1 aliphatic heterocycles. The predicted octanol–water partition coefficient (Wildman–Crippen LogP) is 0.363. The van der Waals surface area contributed by atoms with Crippen LogP contribution in [0.2, 0.25) is 0 Å². The van der Waals surface area contributed by atoms with Gasteiger partial charge in [-0.2, -0.15) is 0 Å². The lowest BCUT2D eigenvalue weighted by Crippen LogP contribution is -2.32. The second-order valence-corrected chi connectivity index (χ2v) is 3.10. The Bertz CT molecular complexity index is 144. The van der Waals surface area contributed by atoms with Crippen LogP contribution >= 0.6 is 0 Å². The van der Waals surface area contributed by atoms with Crippen LogP contribution in [0.15, 0.2) is 0 Å². The largest absolute Gasteiger partial charge is 0.393 e. The van der Waals surface area contributed by atoms with Crippen molar-refractivity contribution < 1.29 is 14.6 Å². The molecule has 0 aromatic heterocycles. The summed E-state index contributed by atoms with van der Waals surface area (Å²) in [5, 5.41) is 9.39. The van der Waals surface area contributed by atoms with E-state index in [4.69, 9.17) is 4.74 Å². The first-order valence-electron chi connectivity index (χ1n) is 3.95. The van der Waals surface area contributed by atoms with Gasteiger partial charge in [-0.15, -0.1) is 0 Å². The number of hydrogen-bond acceptors (Lipinski definition) is 3. The molecule has 1 rings (SSSR count). The van der Waals surface area contributed by atoms with Crippen molar-refractivity contribution in [3.63, 3.8) is 0 Å². The minimum absolute atomic E-state index is 0.0289. The van der Waals surface area contributed by atoms with Crippen molar-refractivity contribution in [1.82, 2.24) is 0 Å². The Morgan fingerprint density at radius 1 is 1.73 bits per heavy atom. The van der Waals surface area contributed by atoms with E-state index in [0.29, 0.717) is 26.1 Å². The van der Waals surface area contributed by atoms with Crippen LogP contribution in [0.5, 0.6) is 0 Å². The Kier molecular flexibility index (Phi) is 3.02. The number of ketones is 1. The highest BCUT2D eigenvalue weighted by molar-refractivity contribution is 5.75. The molecule has 1 heterocycles. The lowest BCUT2D eigenvalue weighted by molar-refractivity contribution is -0.121. The average Bonchev–Trinajstić information content (AvgIpc) is 1.93. The van der Waals surface area contributed by atoms with E-state index < -0.39 is 0 Å². The molecule has 0 amide bonds. The maximum Gasteiger partial charge on any atom is 0.130 e. The molecule has 3 nitrogen and oxygen atoms in total. The molecule has 2 unspecified atom stereocenters. The monoisotopic (exact) mass is 158 g/mol. The highest BCUT2D eigenvalue weighted by atomic mass is 16.5. The molecule has 0 bridgehead atoms. The van der Waals surface area contributed by atoms with Gasteiger partial charge in [0.2, 0.25) is 0 Å². The lowest BCUT2D eigenvalue weighted by atomic mass is 9.94. The third-order valence-corrected chi connectivity index (χ3v) is 1.98. The molecule has 64 valence electrons. The van der Waals surface area contributed by atoms with E-state index in [1.807, 2.05) is 0 Å². The van der Waals surface area contributed by atoms with Gasteiger partial charge in [0.1, 0.15) is 5.78 Å². The third kappa shape index (κ3) is 2.60. The third-order valence-electron chi connectivity index (χ3n) is 1.98. The zero-order valence-corrected chi connectivity index (χ0v) is 6.75. The summed E-state index contributed by atoms with van der Waals surface area (Å²) in [6.07, 6.45) is 0.770. The van der Waals surface area contributed by atoms with Crippen LogP contribution in [-0.2, 0) is 9.53 Å². The van der Waals surface area contributed by atoms with Crippen LogP contribution in [-0.4, -0.2) is 30.2 Å². The fourth-order valence-corrected chi connectivity index (χ4v) is 1.35.